The number of sulfonamides is 1. The van der Waals surface area contributed by atoms with Gasteiger partial charge in [0.2, 0.25) is 15.8 Å². The van der Waals surface area contributed by atoms with E-state index in [1.165, 1.54) is 10.4 Å². The van der Waals surface area contributed by atoms with Crippen LogP contribution in [0.15, 0.2) is 40.9 Å². The summed E-state index contributed by atoms with van der Waals surface area (Å²) < 4.78 is 34.9. The molecule has 0 unspecified atom stereocenters. The maximum atomic E-state index is 12.4. The van der Waals surface area contributed by atoms with Crippen molar-refractivity contribution >= 4 is 15.9 Å². The first kappa shape index (κ1) is 17.4. The fourth-order valence-electron chi connectivity index (χ4n) is 2.54. The van der Waals surface area contributed by atoms with Crippen LogP contribution in [-0.4, -0.2) is 61.1 Å². The normalized spacial score (nSPS) is 16.0. The summed E-state index contributed by atoms with van der Waals surface area (Å²) in [5, 5.41) is 3.75. The maximum Gasteiger partial charge on any atom is 0.292 e. The first-order valence-electron chi connectivity index (χ1n) is 7.81. The summed E-state index contributed by atoms with van der Waals surface area (Å²) in [6, 6.07) is 11.0. The summed E-state index contributed by atoms with van der Waals surface area (Å²) in [5.74, 6) is -0.00643. The zero-order chi connectivity index (χ0) is 17.9. The molecule has 2 aromatic rings. The molecule has 1 fully saturated rings. The quantitative estimate of drug-likeness (QED) is 0.784. The van der Waals surface area contributed by atoms with Crippen molar-refractivity contribution in [3.63, 3.8) is 0 Å². The molecule has 1 aromatic heterocycles. The van der Waals surface area contributed by atoms with Gasteiger partial charge in [0.1, 0.15) is 6.61 Å². The molecule has 0 bridgehead atoms. The van der Waals surface area contributed by atoms with Gasteiger partial charge in [-0.25, -0.2) is 8.42 Å². The van der Waals surface area contributed by atoms with E-state index in [0.29, 0.717) is 19.7 Å². The first-order valence-corrected chi connectivity index (χ1v) is 9.66. The Morgan fingerprint density at radius 3 is 2.52 bits per heavy atom. The molecule has 1 aliphatic rings. The average Bonchev–Trinajstić information content (AvgIpc) is 3.08. The van der Waals surface area contributed by atoms with Crippen molar-refractivity contribution in [2.24, 2.45) is 0 Å². The van der Waals surface area contributed by atoms with Gasteiger partial charge in [0.15, 0.2) is 0 Å². The van der Waals surface area contributed by atoms with E-state index >= 15 is 0 Å². The molecule has 1 saturated heterocycles. The van der Waals surface area contributed by atoms with Crippen LogP contribution in [0.1, 0.15) is 16.1 Å². The van der Waals surface area contributed by atoms with E-state index in [4.69, 9.17) is 9.26 Å². The van der Waals surface area contributed by atoms with Crippen LogP contribution in [0.5, 0.6) is 5.88 Å². The van der Waals surface area contributed by atoms with Crippen molar-refractivity contribution < 1.29 is 22.5 Å². The Morgan fingerprint density at radius 2 is 1.88 bits per heavy atom. The molecule has 1 aliphatic heterocycles. The van der Waals surface area contributed by atoms with Crippen molar-refractivity contribution in [3.05, 3.63) is 47.7 Å². The Bertz CT molecular complexity index is 826. The number of hydrogen-bond donors (Lipinski definition) is 0. The van der Waals surface area contributed by atoms with Crippen LogP contribution < -0.4 is 4.74 Å². The molecule has 1 amide bonds. The second-order valence-electron chi connectivity index (χ2n) is 5.76. The minimum atomic E-state index is -3.23. The lowest BCUT2D eigenvalue weighted by Gasteiger charge is -2.32. The van der Waals surface area contributed by atoms with Gasteiger partial charge in [0.05, 0.1) is 12.3 Å². The van der Waals surface area contributed by atoms with Gasteiger partial charge in [0.25, 0.3) is 11.8 Å². The summed E-state index contributed by atoms with van der Waals surface area (Å²) in [5.41, 5.74) is 0.982. The highest BCUT2D eigenvalue weighted by Crippen LogP contribution is 2.16. The lowest BCUT2D eigenvalue weighted by atomic mass is 10.2. The summed E-state index contributed by atoms with van der Waals surface area (Å²) in [6.07, 6.45) is 1.16. The van der Waals surface area contributed by atoms with Crippen molar-refractivity contribution in [2.45, 2.75) is 6.61 Å². The molecule has 8 nitrogen and oxygen atoms in total. The molecule has 0 N–H and O–H groups in total. The van der Waals surface area contributed by atoms with E-state index in [9.17, 15) is 13.2 Å². The summed E-state index contributed by atoms with van der Waals surface area (Å²) in [7, 11) is -3.23. The van der Waals surface area contributed by atoms with Crippen LogP contribution in [0.4, 0.5) is 0 Å². The van der Waals surface area contributed by atoms with Gasteiger partial charge in [-0.3, -0.25) is 4.79 Å². The molecule has 3 rings (SSSR count). The zero-order valence-electron chi connectivity index (χ0n) is 13.8. The van der Waals surface area contributed by atoms with Crippen LogP contribution in [0.3, 0.4) is 0 Å². The highest BCUT2D eigenvalue weighted by atomic mass is 32.2. The van der Waals surface area contributed by atoms with Crippen LogP contribution in [0.25, 0.3) is 0 Å². The van der Waals surface area contributed by atoms with Crippen molar-refractivity contribution in [3.8, 4) is 5.88 Å². The molecule has 0 saturated carbocycles. The molecular formula is C16H19N3O5S. The number of carbonyl (C=O) groups is 1. The summed E-state index contributed by atoms with van der Waals surface area (Å²) in [6.45, 7) is 1.50. The fourth-order valence-corrected chi connectivity index (χ4v) is 3.36. The van der Waals surface area contributed by atoms with Crippen LogP contribution >= 0.6 is 0 Å². The fraction of sp³-hybridized carbons (Fsp3) is 0.375. The third-order valence-electron chi connectivity index (χ3n) is 3.92. The molecule has 2 heterocycles. The van der Waals surface area contributed by atoms with Crippen LogP contribution in [-0.2, 0) is 16.6 Å². The van der Waals surface area contributed by atoms with Crippen LogP contribution in [0.2, 0.25) is 0 Å². The molecule has 134 valence electrons. The number of carbonyl (C=O) groups excluding carboxylic acids is 1. The number of rotatable bonds is 5. The Labute approximate surface area is 146 Å². The third kappa shape index (κ3) is 4.37. The van der Waals surface area contributed by atoms with Gasteiger partial charge < -0.3 is 14.2 Å². The highest BCUT2D eigenvalue weighted by Gasteiger charge is 2.28. The number of benzene rings is 1. The number of aromatic nitrogens is 1. The van der Waals surface area contributed by atoms with Crippen LogP contribution in [0, 0.1) is 0 Å². The average molecular weight is 365 g/mol. The molecule has 0 spiro atoms. The van der Waals surface area contributed by atoms with E-state index in [1.807, 2.05) is 30.3 Å². The largest absolute Gasteiger partial charge is 0.471 e. The van der Waals surface area contributed by atoms with Gasteiger partial charge in [-0.2, -0.15) is 4.31 Å². The van der Waals surface area contributed by atoms with E-state index in [1.54, 1.807) is 4.90 Å². The molecule has 1 aromatic carbocycles. The highest BCUT2D eigenvalue weighted by molar-refractivity contribution is 7.88. The van der Waals surface area contributed by atoms with E-state index < -0.39 is 10.0 Å². The molecular weight excluding hydrogens is 346 g/mol. The van der Waals surface area contributed by atoms with Crippen molar-refractivity contribution in [1.82, 2.24) is 14.4 Å². The molecule has 25 heavy (non-hydrogen) atoms. The monoisotopic (exact) mass is 365 g/mol. The molecule has 0 atom stereocenters. The SMILES string of the molecule is CS(=O)(=O)N1CCN(C(=O)c2cc(OCc3ccccc3)no2)CC1. The molecule has 0 radical (unpaired) electrons. The number of nitrogens with zero attached hydrogens (tertiary/aromatic N) is 3. The van der Waals surface area contributed by atoms with E-state index in [2.05, 4.69) is 5.16 Å². The van der Waals surface area contributed by atoms with Gasteiger partial charge in [-0.05, 0) is 10.7 Å². The number of ether oxygens (including phenoxy) is 1. The van der Waals surface area contributed by atoms with Gasteiger partial charge in [-0.1, -0.05) is 30.3 Å². The Morgan fingerprint density at radius 1 is 1.20 bits per heavy atom. The van der Waals surface area contributed by atoms with Crippen molar-refractivity contribution in [2.75, 3.05) is 32.4 Å². The van der Waals surface area contributed by atoms with Gasteiger partial charge in [0, 0.05) is 26.2 Å². The second-order valence-corrected chi connectivity index (χ2v) is 7.74. The van der Waals surface area contributed by atoms with Gasteiger partial charge >= 0.3 is 0 Å². The number of amides is 1. The van der Waals surface area contributed by atoms with Crippen molar-refractivity contribution in [1.29, 1.82) is 0 Å². The Hall–Kier alpha value is -2.39. The van der Waals surface area contributed by atoms with E-state index in [0.717, 1.165) is 11.8 Å². The lowest BCUT2D eigenvalue weighted by molar-refractivity contribution is 0.0656. The Kier molecular flexibility index (Phi) is 5.05. The number of hydrogen-bond acceptors (Lipinski definition) is 6. The maximum absolute atomic E-state index is 12.4. The van der Waals surface area contributed by atoms with Gasteiger partial charge in [-0.15, -0.1) is 0 Å². The molecule has 0 aliphatic carbocycles. The topological polar surface area (TPSA) is 93.0 Å². The molecule has 9 heteroatoms. The minimum Gasteiger partial charge on any atom is -0.471 e. The third-order valence-corrected chi connectivity index (χ3v) is 5.23. The van der Waals surface area contributed by atoms with E-state index in [-0.39, 0.29) is 30.6 Å². The summed E-state index contributed by atoms with van der Waals surface area (Å²) >= 11 is 0. The minimum absolute atomic E-state index is 0.0795. The summed E-state index contributed by atoms with van der Waals surface area (Å²) in [4.78, 5) is 14.0. The predicted octanol–water partition coefficient (Wildman–Crippen LogP) is 0.971. The second kappa shape index (κ2) is 7.24. The Balaban J connectivity index is 1.56. The zero-order valence-corrected chi connectivity index (χ0v) is 14.6. The lowest BCUT2D eigenvalue weighted by Crippen LogP contribution is -2.50. The number of piperazine rings is 1. The first-order chi connectivity index (χ1) is 11.9. The standard InChI is InChI=1S/C16H19N3O5S/c1-25(21,22)19-9-7-18(8-10-19)16(20)14-11-15(17-24-14)23-12-13-5-3-2-4-6-13/h2-6,11H,7-10,12H2,1H3. The smallest absolute Gasteiger partial charge is 0.292 e. The predicted molar refractivity (Wildman–Crippen MR) is 89.6 cm³/mol.